The highest BCUT2D eigenvalue weighted by Crippen LogP contribution is 2.30. The normalized spacial score (nSPS) is 10.2. The first-order valence-corrected chi connectivity index (χ1v) is 7.35. The third kappa shape index (κ3) is 4.71. The molecule has 0 radical (unpaired) electrons. The molecule has 122 valence electrons. The minimum atomic E-state index is -0.288. The van der Waals surface area contributed by atoms with E-state index in [0.717, 1.165) is 11.1 Å². The summed E-state index contributed by atoms with van der Waals surface area (Å²) in [6.45, 7) is 0.350. The lowest BCUT2D eigenvalue weighted by Gasteiger charge is -2.13. The Kier molecular flexibility index (Phi) is 5.97. The maximum absolute atomic E-state index is 13.1. The highest BCUT2D eigenvalue weighted by atomic mass is 19.1. The third-order valence-electron chi connectivity index (χ3n) is 3.49. The van der Waals surface area contributed by atoms with Gasteiger partial charge in [-0.25, -0.2) is 4.39 Å². The number of para-hydroxylation sites is 1. The molecule has 0 spiro atoms. The molecule has 2 aromatic rings. The van der Waals surface area contributed by atoms with E-state index < -0.39 is 0 Å². The van der Waals surface area contributed by atoms with Gasteiger partial charge in [0.1, 0.15) is 5.82 Å². The van der Waals surface area contributed by atoms with Crippen LogP contribution in [-0.2, 0) is 17.8 Å². The fraction of sp³-hybridized carbons (Fsp3) is 0.278. The molecule has 0 aliphatic heterocycles. The number of aryl methyl sites for hydroxylation is 1. The Morgan fingerprint density at radius 1 is 1.13 bits per heavy atom. The zero-order chi connectivity index (χ0) is 16.7. The summed E-state index contributed by atoms with van der Waals surface area (Å²) in [5.41, 5.74) is 1.64. The van der Waals surface area contributed by atoms with E-state index in [1.807, 2.05) is 12.1 Å². The van der Waals surface area contributed by atoms with Gasteiger partial charge in [-0.2, -0.15) is 0 Å². The molecule has 2 rings (SSSR count). The fourth-order valence-electron chi connectivity index (χ4n) is 2.33. The summed E-state index contributed by atoms with van der Waals surface area (Å²) in [5, 5.41) is 2.84. The molecule has 23 heavy (non-hydrogen) atoms. The minimum Gasteiger partial charge on any atom is -0.493 e. The van der Waals surface area contributed by atoms with E-state index in [-0.39, 0.29) is 11.7 Å². The number of ether oxygens (including phenoxy) is 2. The van der Waals surface area contributed by atoms with Crippen molar-refractivity contribution < 1.29 is 18.7 Å². The second kappa shape index (κ2) is 8.17. The average Bonchev–Trinajstić information content (AvgIpc) is 2.57. The Balaban J connectivity index is 1.89. The maximum atomic E-state index is 13.1. The van der Waals surface area contributed by atoms with E-state index >= 15 is 0 Å². The number of amides is 1. The van der Waals surface area contributed by atoms with Crippen molar-refractivity contribution in [1.29, 1.82) is 0 Å². The van der Waals surface area contributed by atoms with Crippen LogP contribution in [0.3, 0.4) is 0 Å². The molecular weight excluding hydrogens is 297 g/mol. The zero-order valence-corrected chi connectivity index (χ0v) is 13.3. The summed E-state index contributed by atoms with van der Waals surface area (Å²) >= 11 is 0. The first kappa shape index (κ1) is 16.8. The van der Waals surface area contributed by atoms with Gasteiger partial charge in [0.05, 0.1) is 14.2 Å². The Hall–Kier alpha value is -2.56. The lowest BCUT2D eigenvalue weighted by molar-refractivity contribution is -0.121. The van der Waals surface area contributed by atoms with Crippen LogP contribution in [0.15, 0.2) is 42.5 Å². The van der Waals surface area contributed by atoms with Crippen LogP contribution in [0.1, 0.15) is 17.5 Å². The number of hydrogen-bond donors (Lipinski definition) is 1. The van der Waals surface area contributed by atoms with Crippen LogP contribution in [-0.4, -0.2) is 20.1 Å². The van der Waals surface area contributed by atoms with E-state index in [0.29, 0.717) is 30.9 Å². The second-order valence-corrected chi connectivity index (χ2v) is 5.06. The van der Waals surface area contributed by atoms with Crippen LogP contribution in [0.2, 0.25) is 0 Å². The van der Waals surface area contributed by atoms with Crippen molar-refractivity contribution in [1.82, 2.24) is 5.32 Å². The minimum absolute atomic E-state index is 0.0980. The van der Waals surface area contributed by atoms with Gasteiger partial charge in [0.15, 0.2) is 11.5 Å². The summed E-state index contributed by atoms with van der Waals surface area (Å²) in [4.78, 5) is 12.0. The zero-order valence-electron chi connectivity index (χ0n) is 13.3. The Labute approximate surface area is 135 Å². The van der Waals surface area contributed by atoms with Crippen molar-refractivity contribution in [3.63, 3.8) is 0 Å². The van der Waals surface area contributed by atoms with Crippen molar-refractivity contribution in [2.24, 2.45) is 0 Å². The van der Waals surface area contributed by atoms with E-state index in [4.69, 9.17) is 9.47 Å². The first-order chi connectivity index (χ1) is 11.1. The van der Waals surface area contributed by atoms with Gasteiger partial charge in [0, 0.05) is 18.5 Å². The third-order valence-corrected chi connectivity index (χ3v) is 3.49. The van der Waals surface area contributed by atoms with E-state index in [1.165, 1.54) is 12.1 Å². The molecule has 1 amide bonds. The molecule has 5 heteroatoms. The molecule has 1 N–H and O–H groups in total. The highest BCUT2D eigenvalue weighted by Gasteiger charge is 2.10. The van der Waals surface area contributed by atoms with E-state index in [1.54, 1.807) is 32.4 Å². The van der Waals surface area contributed by atoms with Gasteiger partial charge in [-0.15, -0.1) is 0 Å². The Morgan fingerprint density at radius 2 is 1.91 bits per heavy atom. The molecule has 0 fully saturated rings. The molecular formula is C18H20FNO3. The molecule has 0 atom stereocenters. The van der Waals surface area contributed by atoms with Crippen LogP contribution in [0.25, 0.3) is 0 Å². The number of benzene rings is 2. The van der Waals surface area contributed by atoms with Crippen molar-refractivity contribution in [3.05, 3.63) is 59.4 Å². The summed E-state index contributed by atoms with van der Waals surface area (Å²) in [6, 6.07) is 11.8. The van der Waals surface area contributed by atoms with E-state index in [9.17, 15) is 9.18 Å². The van der Waals surface area contributed by atoms with Crippen LogP contribution in [0, 0.1) is 5.82 Å². The molecule has 0 bridgehead atoms. The number of hydrogen-bond acceptors (Lipinski definition) is 3. The molecule has 0 heterocycles. The predicted molar refractivity (Wildman–Crippen MR) is 86.1 cm³/mol. The van der Waals surface area contributed by atoms with Crippen LogP contribution in [0.4, 0.5) is 4.39 Å². The molecule has 0 aliphatic carbocycles. The summed E-state index contributed by atoms with van der Waals surface area (Å²) in [7, 11) is 3.13. The van der Waals surface area contributed by atoms with Gasteiger partial charge in [-0.1, -0.05) is 24.3 Å². The maximum Gasteiger partial charge on any atom is 0.220 e. The molecule has 2 aromatic carbocycles. The number of carbonyl (C=O) groups excluding carboxylic acids is 1. The summed E-state index contributed by atoms with van der Waals surface area (Å²) in [6.07, 6.45) is 0.800. The molecule has 0 aromatic heterocycles. The van der Waals surface area contributed by atoms with Gasteiger partial charge < -0.3 is 14.8 Å². The Morgan fingerprint density at radius 3 is 2.61 bits per heavy atom. The summed E-state index contributed by atoms with van der Waals surface area (Å²) in [5.74, 6) is 0.850. The monoisotopic (exact) mass is 317 g/mol. The molecule has 0 saturated carbocycles. The first-order valence-electron chi connectivity index (χ1n) is 7.35. The smallest absolute Gasteiger partial charge is 0.220 e. The van der Waals surface area contributed by atoms with Crippen molar-refractivity contribution >= 4 is 5.91 Å². The molecule has 0 aliphatic rings. The van der Waals surface area contributed by atoms with Gasteiger partial charge in [-0.05, 0) is 30.2 Å². The van der Waals surface area contributed by atoms with Gasteiger partial charge >= 0.3 is 0 Å². The van der Waals surface area contributed by atoms with Gasteiger partial charge in [0.2, 0.25) is 5.91 Å². The number of methoxy groups -OCH3 is 2. The SMILES string of the molecule is COc1cccc(CNC(=O)CCc2cccc(F)c2)c1OC. The van der Waals surface area contributed by atoms with Crippen LogP contribution >= 0.6 is 0 Å². The van der Waals surface area contributed by atoms with Crippen molar-refractivity contribution in [2.75, 3.05) is 14.2 Å². The molecule has 0 unspecified atom stereocenters. The van der Waals surface area contributed by atoms with Gasteiger partial charge in [-0.3, -0.25) is 4.79 Å². The average molecular weight is 317 g/mol. The van der Waals surface area contributed by atoms with Gasteiger partial charge in [0.25, 0.3) is 0 Å². The number of nitrogens with one attached hydrogen (secondary N) is 1. The number of rotatable bonds is 7. The molecule has 0 saturated heterocycles. The summed E-state index contributed by atoms with van der Waals surface area (Å²) < 4.78 is 23.6. The lowest BCUT2D eigenvalue weighted by Crippen LogP contribution is -2.23. The van der Waals surface area contributed by atoms with Crippen LogP contribution in [0.5, 0.6) is 11.5 Å². The van der Waals surface area contributed by atoms with E-state index in [2.05, 4.69) is 5.32 Å². The lowest BCUT2D eigenvalue weighted by atomic mass is 10.1. The topological polar surface area (TPSA) is 47.6 Å². The quantitative estimate of drug-likeness (QED) is 0.853. The Bertz CT molecular complexity index is 673. The highest BCUT2D eigenvalue weighted by molar-refractivity contribution is 5.76. The molecule has 4 nitrogen and oxygen atoms in total. The van der Waals surface area contributed by atoms with Crippen molar-refractivity contribution in [2.45, 2.75) is 19.4 Å². The predicted octanol–water partition coefficient (Wildman–Crippen LogP) is 3.09. The number of carbonyl (C=O) groups is 1. The second-order valence-electron chi connectivity index (χ2n) is 5.06. The van der Waals surface area contributed by atoms with Crippen LogP contribution < -0.4 is 14.8 Å². The number of halogens is 1. The standard InChI is InChI=1S/C18H20FNO3/c1-22-16-8-4-6-14(18(16)23-2)12-20-17(21)10-9-13-5-3-7-15(19)11-13/h3-8,11H,9-10,12H2,1-2H3,(H,20,21). The largest absolute Gasteiger partial charge is 0.493 e. The van der Waals surface area contributed by atoms with Crippen molar-refractivity contribution in [3.8, 4) is 11.5 Å². The fourth-order valence-corrected chi connectivity index (χ4v) is 2.33.